The van der Waals surface area contributed by atoms with Gasteiger partial charge in [-0.1, -0.05) is 53.6 Å². The molecule has 2 aromatic rings. The minimum absolute atomic E-state index is 0.290. The van der Waals surface area contributed by atoms with Crippen LogP contribution in [0.4, 0.5) is 0 Å². The molecule has 1 amide bonds. The molecule has 2 aromatic carbocycles. The van der Waals surface area contributed by atoms with Crippen molar-refractivity contribution < 1.29 is 4.79 Å². The highest BCUT2D eigenvalue weighted by molar-refractivity contribution is 5.77. The molecule has 92 valence electrons. The Bertz CT molecular complexity index is 567. The average Bonchev–Trinajstić information content (AvgIpc) is 2.27. The second kappa shape index (κ2) is 5.05. The van der Waals surface area contributed by atoms with Crippen molar-refractivity contribution in [1.82, 2.24) is 0 Å². The van der Waals surface area contributed by atoms with Gasteiger partial charge in [-0.2, -0.15) is 0 Å². The number of aryl methyl sites for hydroxylation is 2. The maximum absolute atomic E-state index is 10.9. The fraction of sp³-hybridized carbons (Fsp3) is 0.188. The van der Waals surface area contributed by atoms with Gasteiger partial charge >= 0.3 is 0 Å². The molecule has 2 nitrogen and oxygen atoms in total. The third-order valence-electron chi connectivity index (χ3n) is 2.86. The predicted octanol–water partition coefficient (Wildman–Crippen LogP) is 3.00. The number of primary amides is 1. The lowest BCUT2D eigenvalue weighted by Crippen LogP contribution is -2.13. The lowest BCUT2D eigenvalue weighted by Gasteiger charge is -2.07. The normalized spacial score (nSPS) is 10.3. The van der Waals surface area contributed by atoms with E-state index in [2.05, 4.69) is 38.1 Å². The number of rotatable bonds is 3. The van der Waals surface area contributed by atoms with Crippen molar-refractivity contribution in [1.29, 1.82) is 0 Å². The fourth-order valence-electron chi connectivity index (χ4n) is 2.20. The van der Waals surface area contributed by atoms with Crippen molar-refractivity contribution in [2.45, 2.75) is 20.3 Å². The first-order valence-corrected chi connectivity index (χ1v) is 6.00. The molecule has 0 bridgehead atoms. The maximum Gasteiger partial charge on any atom is 0.221 e. The van der Waals surface area contributed by atoms with Crippen LogP contribution in [0.25, 0.3) is 11.1 Å². The second-order valence-electron chi connectivity index (χ2n) is 4.72. The zero-order valence-electron chi connectivity index (χ0n) is 10.7. The van der Waals surface area contributed by atoms with Crippen molar-refractivity contribution in [3.8, 4) is 11.1 Å². The van der Waals surface area contributed by atoms with Crippen LogP contribution >= 0.6 is 0 Å². The van der Waals surface area contributed by atoms with Crippen molar-refractivity contribution in [3.63, 3.8) is 0 Å². The highest BCUT2D eigenvalue weighted by atomic mass is 16.1. The molecule has 0 atom stereocenters. The van der Waals surface area contributed by atoms with Gasteiger partial charge in [0.25, 0.3) is 0 Å². The number of nitrogens with two attached hydrogens (primary N) is 1. The van der Waals surface area contributed by atoms with Gasteiger partial charge < -0.3 is 5.73 Å². The molecule has 0 aromatic heterocycles. The van der Waals surface area contributed by atoms with E-state index < -0.39 is 0 Å². The van der Waals surface area contributed by atoms with Gasteiger partial charge in [0.1, 0.15) is 0 Å². The van der Waals surface area contributed by atoms with E-state index in [1.807, 2.05) is 18.2 Å². The molecule has 0 aliphatic rings. The number of carbonyl (C=O) groups excluding carboxylic acids is 1. The van der Waals surface area contributed by atoms with Crippen molar-refractivity contribution in [3.05, 3.63) is 59.2 Å². The highest BCUT2D eigenvalue weighted by Gasteiger charge is 2.03. The number of hydrogen-bond donors (Lipinski definition) is 1. The summed E-state index contributed by atoms with van der Waals surface area (Å²) in [7, 11) is 0. The van der Waals surface area contributed by atoms with Crippen molar-refractivity contribution >= 4 is 5.91 Å². The van der Waals surface area contributed by atoms with Crippen LogP contribution in [0.3, 0.4) is 0 Å². The number of carbonyl (C=O) groups is 1. The van der Waals surface area contributed by atoms with E-state index >= 15 is 0 Å². The smallest absolute Gasteiger partial charge is 0.221 e. The first kappa shape index (κ1) is 12.4. The Morgan fingerprint density at radius 2 is 1.67 bits per heavy atom. The molecule has 2 N–H and O–H groups in total. The van der Waals surface area contributed by atoms with Crippen LogP contribution in [0.2, 0.25) is 0 Å². The third-order valence-corrected chi connectivity index (χ3v) is 2.86. The zero-order chi connectivity index (χ0) is 13.1. The minimum atomic E-state index is -0.299. The van der Waals surface area contributed by atoms with E-state index in [4.69, 9.17) is 5.73 Å². The van der Waals surface area contributed by atoms with Crippen LogP contribution in [0.15, 0.2) is 42.5 Å². The molecule has 0 unspecified atom stereocenters. The Kier molecular flexibility index (Phi) is 3.47. The van der Waals surface area contributed by atoms with Gasteiger partial charge in [0, 0.05) is 0 Å². The molecular formula is C16H17NO. The summed E-state index contributed by atoms with van der Waals surface area (Å²) in [6.07, 6.45) is 0.290. The van der Waals surface area contributed by atoms with Crippen LogP contribution in [-0.4, -0.2) is 5.91 Å². The Balaban J connectivity index is 2.41. The van der Waals surface area contributed by atoms with E-state index in [-0.39, 0.29) is 5.91 Å². The fourth-order valence-corrected chi connectivity index (χ4v) is 2.20. The van der Waals surface area contributed by atoms with Crippen molar-refractivity contribution in [2.24, 2.45) is 5.73 Å². The summed E-state index contributed by atoms with van der Waals surface area (Å²) < 4.78 is 0. The molecule has 0 radical (unpaired) electrons. The SMILES string of the molecule is Cc1cc(C)cc(-c2cccc(CC(N)=O)c2)c1. The van der Waals surface area contributed by atoms with Crippen LogP contribution in [0, 0.1) is 13.8 Å². The van der Waals surface area contributed by atoms with Crippen LogP contribution < -0.4 is 5.73 Å². The van der Waals surface area contributed by atoms with Crippen LogP contribution in [0.5, 0.6) is 0 Å². The van der Waals surface area contributed by atoms with Crippen molar-refractivity contribution in [2.75, 3.05) is 0 Å². The quantitative estimate of drug-likeness (QED) is 0.879. The molecule has 0 fully saturated rings. The van der Waals surface area contributed by atoms with Gasteiger partial charge in [0.2, 0.25) is 5.91 Å². The zero-order valence-corrected chi connectivity index (χ0v) is 10.7. The topological polar surface area (TPSA) is 43.1 Å². The molecule has 18 heavy (non-hydrogen) atoms. The van der Waals surface area contributed by atoms with Gasteiger partial charge in [-0.05, 0) is 30.5 Å². The summed E-state index contributed by atoms with van der Waals surface area (Å²) in [5, 5.41) is 0. The molecule has 2 heteroatoms. The lowest BCUT2D eigenvalue weighted by atomic mass is 9.98. The third kappa shape index (κ3) is 2.98. The number of benzene rings is 2. The van der Waals surface area contributed by atoms with E-state index in [1.54, 1.807) is 0 Å². The monoisotopic (exact) mass is 239 g/mol. The van der Waals surface area contributed by atoms with Gasteiger partial charge in [0.15, 0.2) is 0 Å². The summed E-state index contributed by atoms with van der Waals surface area (Å²) in [4.78, 5) is 10.9. The first-order valence-electron chi connectivity index (χ1n) is 6.00. The Morgan fingerprint density at radius 3 is 2.28 bits per heavy atom. The molecular weight excluding hydrogens is 222 g/mol. The number of hydrogen-bond acceptors (Lipinski definition) is 1. The van der Waals surface area contributed by atoms with Crippen LogP contribution in [0.1, 0.15) is 16.7 Å². The highest BCUT2D eigenvalue weighted by Crippen LogP contribution is 2.23. The van der Waals surface area contributed by atoms with Gasteiger partial charge in [-0.25, -0.2) is 0 Å². The Labute approximate surface area is 107 Å². The number of amides is 1. The molecule has 0 spiro atoms. The summed E-state index contributed by atoms with van der Waals surface area (Å²) in [6, 6.07) is 14.4. The van der Waals surface area contributed by atoms with E-state index in [1.165, 1.54) is 16.7 Å². The summed E-state index contributed by atoms with van der Waals surface area (Å²) in [5.74, 6) is -0.299. The molecule has 0 saturated heterocycles. The van der Waals surface area contributed by atoms with Crippen LogP contribution in [-0.2, 0) is 11.2 Å². The van der Waals surface area contributed by atoms with E-state index in [0.29, 0.717) is 6.42 Å². The van der Waals surface area contributed by atoms with E-state index in [0.717, 1.165) is 11.1 Å². The van der Waals surface area contributed by atoms with Gasteiger partial charge in [-0.3, -0.25) is 4.79 Å². The summed E-state index contributed by atoms with van der Waals surface area (Å²) >= 11 is 0. The first-order chi connectivity index (χ1) is 8.54. The van der Waals surface area contributed by atoms with Gasteiger partial charge in [-0.15, -0.1) is 0 Å². The molecule has 0 heterocycles. The van der Waals surface area contributed by atoms with E-state index in [9.17, 15) is 4.79 Å². The lowest BCUT2D eigenvalue weighted by molar-refractivity contribution is -0.117. The molecule has 0 aliphatic heterocycles. The van der Waals surface area contributed by atoms with Gasteiger partial charge in [0.05, 0.1) is 6.42 Å². The largest absolute Gasteiger partial charge is 0.369 e. The minimum Gasteiger partial charge on any atom is -0.369 e. The maximum atomic E-state index is 10.9. The second-order valence-corrected chi connectivity index (χ2v) is 4.72. The summed E-state index contributed by atoms with van der Waals surface area (Å²) in [6.45, 7) is 4.17. The Hall–Kier alpha value is -2.09. The molecule has 0 aliphatic carbocycles. The average molecular weight is 239 g/mol. The molecule has 2 rings (SSSR count). The molecule has 0 saturated carbocycles. The Morgan fingerprint density at radius 1 is 1.00 bits per heavy atom. The standard InChI is InChI=1S/C16H17NO/c1-11-6-12(2)8-15(7-11)14-5-3-4-13(9-14)10-16(17)18/h3-9H,10H2,1-2H3,(H2,17,18). The predicted molar refractivity (Wildman–Crippen MR) is 74.3 cm³/mol. The summed E-state index contributed by atoms with van der Waals surface area (Å²) in [5.41, 5.74) is 11.0.